The van der Waals surface area contributed by atoms with E-state index in [2.05, 4.69) is 29.1 Å². The Balaban J connectivity index is 2.72. The number of ether oxygens (including phenoxy) is 2. The first-order valence-electron chi connectivity index (χ1n) is 7.61. The molecular weight excluding hydrogens is 318 g/mol. The maximum atomic E-state index is 12.1. The van der Waals surface area contributed by atoms with Gasteiger partial charge in [-0.3, -0.25) is 0 Å². The number of hydrogen-bond acceptors (Lipinski definition) is 5. The number of nitrogens with one attached hydrogen (secondary N) is 1. The van der Waals surface area contributed by atoms with E-state index in [1.165, 1.54) is 12.4 Å². The molecule has 23 heavy (non-hydrogen) atoms. The Morgan fingerprint density at radius 3 is 2.30 bits per heavy atom. The first-order chi connectivity index (χ1) is 10.5. The normalized spacial score (nSPS) is 14.3. The van der Waals surface area contributed by atoms with Crippen LogP contribution in [0.2, 0.25) is 5.28 Å². The van der Waals surface area contributed by atoms with E-state index in [1.54, 1.807) is 0 Å². The van der Waals surface area contributed by atoms with Gasteiger partial charge in [-0.25, -0.2) is 14.8 Å². The topological polar surface area (TPSA) is 73.3 Å². The summed E-state index contributed by atoms with van der Waals surface area (Å²) < 4.78 is 11.0. The predicted molar refractivity (Wildman–Crippen MR) is 89.8 cm³/mol. The van der Waals surface area contributed by atoms with Crippen LogP contribution in [0, 0.1) is 5.92 Å². The van der Waals surface area contributed by atoms with Crippen molar-refractivity contribution in [2.24, 2.45) is 5.92 Å². The summed E-state index contributed by atoms with van der Waals surface area (Å²) in [5.41, 5.74) is -1.12. The molecule has 0 unspecified atom stereocenters. The van der Waals surface area contributed by atoms with E-state index in [1.807, 2.05) is 27.7 Å². The van der Waals surface area contributed by atoms with E-state index < -0.39 is 17.2 Å². The van der Waals surface area contributed by atoms with Gasteiger partial charge >= 0.3 is 6.09 Å². The zero-order valence-electron chi connectivity index (χ0n) is 14.6. The van der Waals surface area contributed by atoms with E-state index in [-0.39, 0.29) is 11.9 Å². The molecule has 7 heteroatoms. The summed E-state index contributed by atoms with van der Waals surface area (Å²) in [6, 6.07) is 0. The molecule has 1 amide bonds. The molecule has 0 aliphatic rings. The van der Waals surface area contributed by atoms with Gasteiger partial charge < -0.3 is 14.8 Å². The molecule has 0 fully saturated rings. The molecule has 0 bridgehead atoms. The molecule has 1 aromatic heterocycles. The fraction of sp³-hybridized carbons (Fsp3) is 0.688. The summed E-state index contributed by atoms with van der Waals surface area (Å²) in [6.07, 6.45) is 3.27. The lowest BCUT2D eigenvalue weighted by molar-refractivity contribution is 0.0408. The molecule has 0 aromatic carbocycles. The summed E-state index contributed by atoms with van der Waals surface area (Å²) >= 11 is 5.65. The minimum Gasteiger partial charge on any atom is -0.488 e. The molecule has 1 rings (SSSR count). The van der Waals surface area contributed by atoms with Crippen LogP contribution in [0.3, 0.4) is 0 Å². The largest absolute Gasteiger partial charge is 0.488 e. The fourth-order valence-electron chi connectivity index (χ4n) is 2.21. The van der Waals surface area contributed by atoms with Crippen molar-refractivity contribution in [3.63, 3.8) is 0 Å². The monoisotopic (exact) mass is 343 g/mol. The second kappa shape index (κ2) is 7.81. The third-order valence-electron chi connectivity index (χ3n) is 2.82. The number of rotatable bonds is 6. The van der Waals surface area contributed by atoms with E-state index in [0.717, 1.165) is 6.42 Å². The Kier molecular flexibility index (Phi) is 6.62. The smallest absolute Gasteiger partial charge is 0.408 e. The van der Waals surface area contributed by atoms with Crippen molar-refractivity contribution in [3.05, 3.63) is 17.7 Å². The lowest BCUT2D eigenvalue weighted by Gasteiger charge is -2.33. The molecule has 0 aliphatic heterocycles. The third-order valence-corrected chi connectivity index (χ3v) is 3.01. The highest BCUT2D eigenvalue weighted by molar-refractivity contribution is 6.28. The van der Waals surface area contributed by atoms with Crippen molar-refractivity contribution in [2.75, 3.05) is 6.61 Å². The van der Waals surface area contributed by atoms with Gasteiger partial charge in [-0.05, 0) is 51.6 Å². The summed E-state index contributed by atoms with van der Waals surface area (Å²) in [7, 11) is 0. The van der Waals surface area contributed by atoms with Crippen LogP contribution in [0.5, 0.6) is 5.75 Å². The molecule has 0 radical (unpaired) electrons. The standard InChI is InChI=1S/C16H26ClN3O3/c1-11(2)7-16(6,20-14(21)23-15(3,4)5)10-22-12-8-18-13(17)19-9-12/h8-9,11H,7,10H2,1-6H3,(H,20,21)/t16-/m1/s1. The maximum absolute atomic E-state index is 12.1. The van der Waals surface area contributed by atoms with Gasteiger partial charge in [-0.15, -0.1) is 0 Å². The molecule has 0 spiro atoms. The van der Waals surface area contributed by atoms with Gasteiger partial charge in [0, 0.05) is 0 Å². The zero-order chi connectivity index (χ0) is 17.7. The molecule has 0 saturated carbocycles. The Morgan fingerprint density at radius 2 is 1.83 bits per heavy atom. The van der Waals surface area contributed by atoms with Crippen molar-refractivity contribution < 1.29 is 14.3 Å². The number of nitrogens with zero attached hydrogens (tertiary/aromatic N) is 2. The van der Waals surface area contributed by atoms with Crippen LogP contribution >= 0.6 is 11.6 Å². The summed E-state index contributed by atoms with van der Waals surface area (Å²) in [5, 5.41) is 3.07. The van der Waals surface area contributed by atoms with Crippen molar-refractivity contribution in [1.82, 2.24) is 15.3 Å². The average Bonchev–Trinajstić information content (AvgIpc) is 2.34. The maximum Gasteiger partial charge on any atom is 0.408 e. The quantitative estimate of drug-likeness (QED) is 0.794. The predicted octanol–water partition coefficient (Wildman–Crippen LogP) is 3.84. The summed E-state index contributed by atoms with van der Waals surface area (Å²) in [4.78, 5) is 19.8. The van der Waals surface area contributed by atoms with Crippen molar-refractivity contribution >= 4 is 17.7 Å². The number of hydrogen-bond donors (Lipinski definition) is 1. The van der Waals surface area contributed by atoms with E-state index in [4.69, 9.17) is 21.1 Å². The van der Waals surface area contributed by atoms with Crippen LogP contribution in [0.4, 0.5) is 4.79 Å². The lowest BCUT2D eigenvalue weighted by Crippen LogP contribution is -2.52. The average molecular weight is 344 g/mol. The SMILES string of the molecule is CC(C)C[C@](C)(COc1cnc(Cl)nc1)NC(=O)OC(C)(C)C. The summed E-state index contributed by atoms with van der Waals surface area (Å²) in [5.74, 6) is 0.871. The highest BCUT2D eigenvalue weighted by Crippen LogP contribution is 2.20. The van der Waals surface area contributed by atoms with Gasteiger partial charge in [0.1, 0.15) is 12.2 Å². The van der Waals surface area contributed by atoms with Crippen LogP contribution in [0.15, 0.2) is 12.4 Å². The third kappa shape index (κ3) is 8.02. The number of aromatic nitrogens is 2. The molecule has 1 atom stereocenters. The van der Waals surface area contributed by atoms with Gasteiger partial charge in [0.15, 0.2) is 5.75 Å². The van der Waals surface area contributed by atoms with Crippen molar-refractivity contribution in [1.29, 1.82) is 0 Å². The minimum atomic E-state index is -0.573. The lowest BCUT2D eigenvalue weighted by atomic mass is 9.91. The molecular formula is C16H26ClN3O3. The van der Waals surface area contributed by atoms with Crippen molar-refractivity contribution in [2.45, 2.75) is 59.1 Å². The minimum absolute atomic E-state index is 0.161. The molecule has 1 N–H and O–H groups in total. The fourth-order valence-corrected chi connectivity index (χ4v) is 2.31. The van der Waals surface area contributed by atoms with E-state index in [9.17, 15) is 4.79 Å². The number of halogens is 1. The van der Waals surface area contributed by atoms with Gasteiger partial charge in [-0.1, -0.05) is 13.8 Å². The van der Waals surface area contributed by atoms with Gasteiger partial charge in [-0.2, -0.15) is 0 Å². The number of carbonyl (C=O) groups is 1. The zero-order valence-corrected chi connectivity index (χ0v) is 15.4. The number of carbonyl (C=O) groups excluding carboxylic acids is 1. The Bertz CT molecular complexity index is 514. The van der Waals surface area contributed by atoms with Crippen LogP contribution in [-0.2, 0) is 4.74 Å². The van der Waals surface area contributed by atoms with Crippen LogP contribution in [-0.4, -0.2) is 33.8 Å². The molecule has 1 aromatic rings. The van der Waals surface area contributed by atoms with Gasteiger partial charge in [0.05, 0.1) is 17.9 Å². The Labute approximate surface area is 142 Å². The number of alkyl carbamates (subject to hydrolysis) is 1. The summed E-state index contributed by atoms with van der Waals surface area (Å²) in [6.45, 7) is 11.8. The Morgan fingerprint density at radius 1 is 1.26 bits per heavy atom. The van der Waals surface area contributed by atoms with Gasteiger partial charge in [0.2, 0.25) is 5.28 Å². The second-order valence-electron chi connectivity index (χ2n) is 7.26. The highest BCUT2D eigenvalue weighted by Gasteiger charge is 2.31. The van der Waals surface area contributed by atoms with Crippen LogP contribution in [0.25, 0.3) is 0 Å². The second-order valence-corrected chi connectivity index (χ2v) is 7.60. The number of amides is 1. The molecule has 130 valence electrons. The molecule has 1 heterocycles. The van der Waals surface area contributed by atoms with E-state index in [0.29, 0.717) is 11.7 Å². The van der Waals surface area contributed by atoms with Crippen LogP contribution < -0.4 is 10.1 Å². The van der Waals surface area contributed by atoms with Gasteiger partial charge in [0.25, 0.3) is 0 Å². The first kappa shape index (κ1) is 19.5. The molecule has 6 nitrogen and oxygen atoms in total. The highest BCUT2D eigenvalue weighted by atomic mass is 35.5. The van der Waals surface area contributed by atoms with Crippen LogP contribution in [0.1, 0.15) is 48.0 Å². The molecule has 0 aliphatic carbocycles. The Hall–Kier alpha value is -1.56. The van der Waals surface area contributed by atoms with E-state index >= 15 is 0 Å². The first-order valence-corrected chi connectivity index (χ1v) is 7.98. The molecule has 0 saturated heterocycles. The van der Waals surface area contributed by atoms with Crippen molar-refractivity contribution in [3.8, 4) is 5.75 Å².